The van der Waals surface area contributed by atoms with Gasteiger partial charge in [-0.1, -0.05) is 56.5 Å². The summed E-state index contributed by atoms with van der Waals surface area (Å²) in [5, 5.41) is 3.83. The van der Waals surface area contributed by atoms with E-state index in [-0.39, 0.29) is 11.8 Å². The van der Waals surface area contributed by atoms with Crippen LogP contribution in [0.3, 0.4) is 0 Å². The molecule has 0 bridgehead atoms. The minimum absolute atomic E-state index is 0.0569. The second kappa shape index (κ2) is 10.6. The van der Waals surface area contributed by atoms with E-state index in [0.717, 1.165) is 18.4 Å². The van der Waals surface area contributed by atoms with Crippen LogP contribution in [0, 0.1) is 0 Å². The fourth-order valence-electron chi connectivity index (χ4n) is 2.46. The molecule has 0 aliphatic heterocycles. The summed E-state index contributed by atoms with van der Waals surface area (Å²) in [7, 11) is 0. The molecule has 0 saturated carbocycles. The second-order valence-electron chi connectivity index (χ2n) is 5.69. The third-order valence-electron chi connectivity index (χ3n) is 3.85. The van der Waals surface area contributed by atoms with Crippen molar-refractivity contribution in [2.24, 2.45) is 0 Å². The highest BCUT2D eigenvalue weighted by Crippen LogP contribution is 2.24. The van der Waals surface area contributed by atoms with Crippen LogP contribution in [0.1, 0.15) is 52.0 Å². The molecule has 0 unspecified atom stereocenters. The molecular weight excluding hydrogens is 347 g/mol. The monoisotopic (exact) mass is 372 g/mol. The molecule has 0 fully saturated rings. The average molecular weight is 373 g/mol. The first-order valence-electron chi connectivity index (χ1n) is 8.45. The fraction of sp³-hybridized carbons (Fsp3) is 0.556. The standard InChI is InChI=1S/C18H26Cl2N2O2/c1-4-7-10-21-18(24)16(5-2)22(17(23)6-3)12-13-8-9-14(19)15(20)11-13/h8-9,11,16H,4-7,10,12H2,1-3H3,(H,21,24)/t16-/m0/s1. The van der Waals surface area contributed by atoms with E-state index >= 15 is 0 Å². The molecule has 1 rings (SSSR count). The Labute approximate surface area is 154 Å². The Kier molecular flexibility index (Phi) is 9.16. The number of benzene rings is 1. The van der Waals surface area contributed by atoms with Gasteiger partial charge in [0.2, 0.25) is 11.8 Å². The molecule has 0 aliphatic rings. The summed E-state index contributed by atoms with van der Waals surface area (Å²) in [5.41, 5.74) is 0.853. The van der Waals surface area contributed by atoms with Crippen molar-refractivity contribution in [1.82, 2.24) is 10.2 Å². The zero-order valence-corrected chi connectivity index (χ0v) is 16.1. The van der Waals surface area contributed by atoms with Crippen LogP contribution in [0.5, 0.6) is 0 Å². The average Bonchev–Trinajstić information content (AvgIpc) is 2.57. The molecule has 2 amide bonds. The summed E-state index contributed by atoms with van der Waals surface area (Å²) in [6.07, 6.45) is 2.85. The van der Waals surface area contributed by atoms with Crippen LogP contribution < -0.4 is 5.32 Å². The number of rotatable bonds is 9. The molecule has 24 heavy (non-hydrogen) atoms. The Hall–Kier alpha value is -1.26. The maximum absolute atomic E-state index is 12.5. The lowest BCUT2D eigenvalue weighted by molar-refractivity contribution is -0.141. The van der Waals surface area contributed by atoms with Crippen LogP contribution in [0.4, 0.5) is 0 Å². The van der Waals surface area contributed by atoms with Crippen molar-refractivity contribution in [2.75, 3.05) is 6.54 Å². The Morgan fingerprint density at radius 3 is 2.42 bits per heavy atom. The Balaban J connectivity index is 2.94. The number of nitrogens with one attached hydrogen (secondary N) is 1. The molecule has 4 nitrogen and oxygen atoms in total. The lowest BCUT2D eigenvalue weighted by Crippen LogP contribution is -2.49. The summed E-state index contributed by atoms with van der Waals surface area (Å²) >= 11 is 12.0. The van der Waals surface area contributed by atoms with Crippen molar-refractivity contribution in [3.8, 4) is 0 Å². The number of carbonyl (C=O) groups is 2. The van der Waals surface area contributed by atoms with E-state index in [1.54, 1.807) is 24.0 Å². The van der Waals surface area contributed by atoms with Crippen LogP contribution in [0.25, 0.3) is 0 Å². The summed E-state index contributed by atoms with van der Waals surface area (Å²) in [5.74, 6) is -0.161. The first-order valence-corrected chi connectivity index (χ1v) is 9.21. The normalized spacial score (nSPS) is 11.9. The van der Waals surface area contributed by atoms with Gasteiger partial charge in [-0.25, -0.2) is 0 Å². The van der Waals surface area contributed by atoms with Gasteiger partial charge in [0.25, 0.3) is 0 Å². The van der Waals surface area contributed by atoms with E-state index in [2.05, 4.69) is 12.2 Å². The number of nitrogens with zero attached hydrogens (tertiary/aromatic N) is 1. The van der Waals surface area contributed by atoms with Gasteiger partial charge in [0, 0.05) is 19.5 Å². The Bertz CT molecular complexity index is 564. The first kappa shape index (κ1) is 20.8. The molecule has 0 aromatic heterocycles. The Morgan fingerprint density at radius 1 is 1.17 bits per heavy atom. The molecular formula is C18H26Cl2N2O2. The van der Waals surface area contributed by atoms with Crippen LogP contribution in [-0.2, 0) is 16.1 Å². The van der Waals surface area contributed by atoms with Crippen molar-refractivity contribution < 1.29 is 9.59 Å². The van der Waals surface area contributed by atoms with Gasteiger partial charge < -0.3 is 10.2 Å². The fourth-order valence-corrected chi connectivity index (χ4v) is 2.78. The third-order valence-corrected chi connectivity index (χ3v) is 4.59. The minimum atomic E-state index is -0.483. The summed E-state index contributed by atoms with van der Waals surface area (Å²) < 4.78 is 0. The van der Waals surface area contributed by atoms with E-state index in [1.165, 1.54) is 0 Å². The number of hydrogen-bond acceptors (Lipinski definition) is 2. The van der Waals surface area contributed by atoms with Crippen LogP contribution in [0.15, 0.2) is 18.2 Å². The molecule has 1 atom stereocenters. The molecule has 1 aromatic carbocycles. The van der Waals surface area contributed by atoms with Crippen molar-refractivity contribution >= 4 is 35.0 Å². The maximum atomic E-state index is 12.5. The van der Waals surface area contributed by atoms with Gasteiger partial charge in [-0.15, -0.1) is 0 Å². The smallest absolute Gasteiger partial charge is 0.242 e. The zero-order chi connectivity index (χ0) is 18.1. The number of halogens is 2. The molecule has 0 spiro atoms. The van der Waals surface area contributed by atoms with Gasteiger partial charge >= 0.3 is 0 Å². The van der Waals surface area contributed by atoms with Gasteiger partial charge in [0.1, 0.15) is 6.04 Å². The van der Waals surface area contributed by atoms with Gasteiger partial charge in [0.05, 0.1) is 10.0 Å². The summed E-state index contributed by atoms with van der Waals surface area (Å²) in [6.45, 7) is 6.75. The maximum Gasteiger partial charge on any atom is 0.242 e. The lowest BCUT2D eigenvalue weighted by Gasteiger charge is -2.30. The molecule has 1 aromatic rings. The van der Waals surface area contributed by atoms with Crippen molar-refractivity contribution in [2.45, 2.75) is 59.0 Å². The molecule has 0 radical (unpaired) electrons. The number of hydrogen-bond donors (Lipinski definition) is 1. The highest BCUT2D eigenvalue weighted by Gasteiger charge is 2.27. The van der Waals surface area contributed by atoms with Crippen molar-refractivity contribution in [3.63, 3.8) is 0 Å². The van der Waals surface area contributed by atoms with Crippen LogP contribution in [0.2, 0.25) is 10.0 Å². The molecule has 0 saturated heterocycles. The van der Waals surface area contributed by atoms with Gasteiger partial charge in [-0.05, 0) is 30.5 Å². The first-order chi connectivity index (χ1) is 11.4. The summed E-state index contributed by atoms with van der Waals surface area (Å²) in [6, 6.07) is 4.78. The van der Waals surface area contributed by atoms with E-state index in [0.29, 0.717) is 36.0 Å². The summed E-state index contributed by atoms with van der Waals surface area (Å²) in [4.78, 5) is 26.5. The molecule has 6 heteroatoms. The molecule has 134 valence electrons. The number of unbranched alkanes of at least 4 members (excludes halogenated alkanes) is 1. The SMILES string of the molecule is CCCCNC(=O)[C@H](CC)N(Cc1ccc(Cl)c(Cl)c1)C(=O)CC. The highest BCUT2D eigenvalue weighted by atomic mass is 35.5. The lowest BCUT2D eigenvalue weighted by atomic mass is 10.1. The quantitative estimate of drug-likeness (QED) is 0.651. The minimum Gasteiger partial charge on any atom is -0.354 e. The van der Waals surface area contributed by atoms with E-state index in [1.807, 2.05) is 13.0 Å². The predicted molar refractivity (Wildman–Crippen MR) is 99.3 cm³/mol. The van der Waals surface area contributed by atoms with Crippen LogP contribution >= 0.6 is 23.2 Å². The Morgan fingerprint density at radius 2 is 1.88 bits per heavy atom. The predicted octanol–water partition coefficient (Wildman–Crippen LogP) is 4.43. The molecule has 1 N–H and O–H groups in total. The zero-order valence-electron chi connectivity index (χ0n) is 14.6. The second-order valence-corrected chi connectivity index (χ2v) is 6.51. The van der Waals surface area contributed by atoms with Gasteiger partial charge in [-0.3, -0.25) is 9.59 Å². The van der Waals surface area contributed by atoms with Crippen molar-refractivity contribution in [1.29, 1.82) is 0 Å². The largest absolute Gasteiger partial charge is 0.354 e. The molecule has 0 aliphatic carbocycles. The van der Waals surface area contributed by atoms with Crippen LogP contribution in [-0.4, -0.2) is 29.3 Å². The van der Waals surface area contributed by atoms with Gasteiger partial charge in [0.15, 0.2) is 0 Å². The van der Waals surface area contributed by atoms with E-state index in [9.17, 15) is 9.59 Å². The number of amides is 2. The highest BCUT2D eigenvalue weighted by molar-refractivity contribution is 6.42. The van der Waals surface area contributed by atoms with E-state index in [4.69, 9.17) is 23.2 Å². The van der Waals surface area contributed by atoms with Gasteiger partial charge in [-0.2, -0.15) is 0 Å². The van der Waals surface area contributed by atoms with E-state index < -0.39 is 6.04 Å². The van der Waals surface area contributed by atoms with Crippen molar-refractivity contribution in [3.05, 3.63) is 33.8 Å². The topological polar surface area (TPSA) is 49.4 Å². The third kappa shape index (κ3) is 5.99. The number of carbonyl (C=O) groups excluding carboxylic acids is 2. The molecule has 0 heterocycles.